The Kier molecular flexibility index (Phi) is 8.21. The molecule has 2 amide bonds. The number of sulfonamides is 1. The van der Waals surface area contributed by atoms with Crippen molar-refractivity contribution in [2.24, 2.45) is 5.92 Å². The fourth-order valence-electron chi connectivity index (χ4n) is 2.80. The molecular formula is C22H22F2N2O4S. The van der Waals surface area contributed by atoms with Gasteiger partial charge in [0.25, 0.3) is 10.0 Å². The molecule has 0 aliphatic carbocycles. The molecule has 164 valence electrons. The first-order valence-corrected chi connectivity index (χ1v) is 10.9. The Labute approximate surface area is 179 Å². The molecule has 2 aromatic rings. The minimum absolute atomic E-state index is 0.0248. The molecule has 9 heteroatoms. The van der Waals surface area contributed by atoms with Crippen molar-refractivity contribution in [1.29, 1.82) is 0 Å². The standard InChI is InChI=1S/C22H22F2N2O4S/c1-3-8-18(22(28)26(4-2)20-12-11-17(23)15-19(20)24)21(27)25-31(29,30)14-13-16-9-6-5-7-10-16/h3,5-7,9-15,18H,1,4,8H2,2H3,(H,25,27)/b14-13+. The van der Waals surface area contributed by atoms with Crippen LogP contribution < -0.4 is 9.62 Å². The van der Waals surface area contributed by atoms with Crippen molar-refractivity contribution in [2.75, 3.05) is 11.4 Å². The van der Waals surface area contributed by atoms with Gasteiger partial charge < -0.3 is 4.90 Å². The SMILES string of the molecule is C=CCC(C(=O)NS(=O)(=O)/C=C/c1ccccc1)C(=O)N(CC)c1ccc(F)cc1F. The van der Waals surface area contributed by atoms with Gasteiger partial charge in [0.15, 0.2) is 0 Å². The van der Waals surface area contributed by atoms with Gasteiger partial charge in [-0.25, -0.2) is 21.9 Å². The Bertz CT molecular complexity index is 1090. The molecule has 1 N–H and O–H groups in total. The minimum Gasteiger partial charge on any atom is -0.309 e. The molecule has 1 atom stereocenters. The number of hydrogen-bond acceptors (Lipinski definition) is 4. The topological polar surface area (TPSA) is 83.5 Å². The molecular weight excluding hydrogens is 426 g/mol. The van der Waals surface area contributed by atoms with E-state index in [1.807, 2.05) is 4.72 Å². The largest absolute Gasteiger partial charge is 0.309 e. The number of halogens is 2. The summed E-state index contributed by atoms with van der Waals surface area (Å²) in [5, 5.41) is 0.812. The predicted molar refractivity (Wildman–Crippen MR) is 115 cm³/mol. The number of nitrogens with one attached hydrogen (secondary N) is 1. The van der Waals surface area contributed by atoms with Crippen LogP contribution in [0.25, 0.3) is 6.08 Å². The van der Waals surface area contributed by atoms with Crippen molar-refractivity contribution in [1.82, 2.24) is 4.72 Å². The Morgan fingerprint density at radius 3 is 2.42 bits per heavy atom. The van der Waals surface area contributed by atoms with Crippen molar-refractivity contribution in [2.45, 2.75) is 13.3 Å². The smallest absolute Gasteiger partial charge is 0.257 e. The third kappa shape index (κ3) is 6.58. The van der Waals surface area contributed by atoms with Gasteiger partial charge in [-0.3, -0.25) is 9.59 Å². The lowest BCUT2D eigenvalue weighted by molar-refractivity contribution is -0.132. The fourth-order valence-corrected chi connectivity index (χ4v) is 3.62. The van der Waals surface area contributed by atoms with Gasteiger partial charge in [0.2, 0.25) is 11.8 Å². The zero-order valence-electron chi connectivity index (χ0n) is 16.8. The van der Waals surface area contributed by atoms with E-state index in [4.69, 9.17) is 0 Å². The van der Waals surface area contributed by atoms with Crippen LogP contribution in [-0.2, 0) is 19.6 Å². The van der Waals surface area contributed by atoms with Gasteiger partial charge in [-0.1, -0.05) is 36.4 Å². The molecule has 0 aliphatic rings. The van der Waals surface area contributed by atoms with Crippen molar-refractivity contribution >= 4 is 33.6 Å². The zero-order valence-corrected chi connectivity index (χ0v) is 17.6. The van der Waals surface area contributed by atoms with Gasteiger partial charge in [0.05, 0.1) is 11.1 Å². The number of nitrogens with zero attached hydrogens (tertiary/aromatic N) is 1. The van der Waals surface area contributed by atoms with Gasteiger partial charge in [-0.15, -0.1) is 6.58 Å². The zero-order chi connectivity index (χ0) is 23.0. The second-order valence-corrected chi connectivity index (χ2v) is 8.05. The van der Waals surface area contributed by atoms with Crippen molar-refractivity contribution < 1.29 is 26.8 Å². The predicted octanol–water partition coefficient (Wildman–Crippen LogP) is 3.63. The average molecular weight is 448 g/mol. The fraction of sp³-hybridized carbons (Fsp3) is 0.182. The summed E-state index contributed by atoms with van der Waals surface area (Å²) in [4.78, 5) is 26.5. The molecule has 6 nitrogen and oxygen atoms in total. The molecule has 0 aromatic heterocycles. The van der Waals surface area contributed by atoms with Crippen LogP contribution in [0.4, 0.5) is 14.5 Å². The van der Waals surface area contributed by atoms with Crippen molar-refractivity contribution in [3.8, 4) is 0 Å². The molecule has 0 fully saturated rings. The third-order valence-corrected chi connectivity index (χ3v) is 5.26. The van der Waals surface area contributed by atoms with Gasteiger partial charge in [-0.2, -0.15) is 0 Å². The quantitative estimate of drug-likeness (QED) is 0.469. The number of allylic oxidation sites excluding steroid dienone is 1. The molecule has 0 saturated carbocycles. The highest BCUT2D eigenvalue weighted by Crippen LogP contribution is 2.23. The summed E-state index contributed by atoms with van der Waals surface area (Å²) in [6, 6.07) is 11.2. The Hall–Kier alpha value is -3.33. The molecule has 0 spiro atoms. The van der Waals surface area contributed by atoms with Gasteiger partial charge in [0, 0.05) is 12.6 Å². The van der Waals surface area contributed by atoms with E-state index in [0.29, 0.717) is 11.6 Å². The van der Waals surface area contributed by atoms with Crippen LogP contribution in [-0.4, -0.2) is 26.8 Å². The maximum Gasteiger partial charge on any atom is 0.257 e. The van der Waals surface area contributed by atoms with Gasteiger partial charge in [0.1, 0.15) is 17.6 Å². The molecule has 31 heavy (non-hydrogen) atoms. The molecule has 0 saturated heterocycles. The Balaban J connectivity index is 2.24. The van der Waals surface area contributed by atoms with E-state index in [1.54, 1.807) is 37.3 Å². The summed E-state index contributed by atoms with van der Waals surface area (Å²) in [6.45, 7) is 5.01. The normalized spacial score (nSPS) is 12.4. The molecule has 2 aromatic carbocycles. The maximum atomic E-state index is 14.2. The number of benzene rings is 2. The monoisotopic (exact) mass is 448 g/mol. The second kappa shape index (κ2) is 10.6. The van der Waals surface area contributed by atoms with Crippen LogP contribution in [0.15, 0.2) is 66.6 Å². The summed E-state index contributed by atoms with van der Waals surface area (Å²) in [5.41, 5.74) is 0.380. The lowest BCUT2D eigenvalue weighted by Crippen LogP contribution is -2.45. The van der Waals surface area contributed by atoms with Crippen LogP contribution in [0, 0.1) is 17.6 Å². The lowest BCUT2D eigenvalue weighted by Gasteiger charge is -2.25. The first-order valence-electron chi connectivity index (χ1n) is 9.35. The van der Waals surface area contributed by atoms with Crippen molar-refractivity contribution in [3.63, 3.8) is 0 Å². The molecule has 0 bridgehead atoms. The number of amides is 2. The van der Waals surface area contributed by atoms with Crippen LogP contribution in [0.2, 0.25) is 0 Å². The molecule has 0 heterocycles. The number of rotatable bonds is 9. The van der Waals surface area contributed by atoms with E-state index in [2.05, 4.69) is 6.58 Å². The Morgan fingerprint density at radius 2 is 1.84 bits per heavy atom. The van der Waals surface area contributed by atoms with Crippen LogP contribution in [0.3, 0.4) is 0 Å². The van der Waals surface area contributed by atoms with E-state index in [1.165, 1.54) is 12.2 Å². The highest BCUT2D eigenvalue weighted by Gasteiger charge is 2.32. The average Bonchev–Trinajstić information content (AvgIpc) is 2.72. The highest BCUT2D eigenvalue weighted by molar-refractivity contribution is 7.93. The maximum absolute atomic E-state index is 14.2. The second-order valence-electron chi connectivity index (χ2n) is 6.48. The highest BCUT2D eigenvalue weighted by atomic mass is 32.2. The van der Waals surface area contributed by atoms with Crippen LogP contribution in [0.1, 0.15) is 18.9 Å². The summed E-state index contributed by atoms with van der Waals surface area (Å²) in [5.74, 6) is -5.19. The van der Waals surface area contributed by atoms with E-state index < -0.39 is 39.4 Å². The summed E-state index contributed by atoms with van der Waals surface area (Å²) < 4.78 is 53.8. The van der Waals surface area contributed by atoms with Crippen LogP contribution >= 0.6 is 0 Å². The third-order valence-electron chi connectivity index (χ3n) is 4.28. The van der Waals surface area contributed by atoms with E-state index in [9.17, 15) is 26.8 Å². The van der Waals surface area contributed by atoms with Crippen LogP contribution in [0.5, 0.6) is 0 Å². The van der Waals surface area contributed by atoms with E-state index in [-0.39, 0.29) is 18.7 Å². The number of carbonyl (C=O) groups excluding carboxylic acids is 2. The first-order chi connectivity index (χ1) is 14.7. The number of carbonyl (C=O) groups is 2. The molecule has 0 aliphatic heterocycles. The van der Waals surface area contributed by atoms with Gasteiger partial charge >= 0.3 is 0 Å². The number of hydrogen-bond donors (Lipinski definition) is 1. The van der Waals surface area contributed by atoms with Gasteiger partial charge in [-0.05, 0) is 37.1 Å². The van der Waals surface area contributed by atoms with Crippen molar-refractivity contribution in [3.05, 3.63) is 83.8 Å². The molecule has 2 rings (SSSR count). The Morgan fingerprint density at radius 1 is 1.16 bits per heavy atom. The van der Waals surface area contributed by atoms with E-state index in [0.717, 1.165) is 22.4 Å². The molecule has 0 radical (unpaired) electrons. The van der Waals surface area contributed by atoms with E-state index >= 15 is 0 Å². The minimum atomic E-state index is -4.20. The number of anilines is 1. The first kappa shape index (κ1) is 23.9. The summed E-state index contributed by atoms with van der Waals surface area (Å²) in [6.07, 6.45) is 2.40. The summed E-state index contributed by atoms with van der Waals surface area (Å²) in [7, 11) is -4.20. The molecule has 1 unspecified atom stereocenters. The lowest BCUT2D eigenvalue weighted by atomic mass is 10.0. The summed E-state index contributed by atoms with van der Waals surface area (Å²) >= 11 is 0.